The summed E-state index contributed by atoms with van der Waals surface area (Å²) in [6, 6.07) is 8.86. The van der Waals surface area contributed by atoms with Gasteiger partial charge in [-0.25, -0.2) is 4.79 Å². The highest BCUT2D eigenvalue weighted by molar-refractivity contribution is 5.90. The molecule has 108 valence electrons. The zero-order valence-corrected chi connectivity index (χ0v) is 11.6. The van der Waals surface area contributed by atoms with Gasteiger partial charge >= 0.3 is 5.97 Å². The van der Waals surface area contributed by atoms with Crippen LogP contribution < -0.4 is 9.47 Å². The van der Waals surface area contributed by atoms with Crippen molar-refractivity contribution in [1.82, 2.24) is 4.98 Å². The van der Waals surface area contributed by atoms with E-state index in [9.17, 15) is 4.79 Å². The lowest BCUT2D eigenvalue weighted by Crippen LogP contribution is -2.09. The van der Waals surface area contributed by atoms with Gasteiger partial charge in [-0.1, -0.05) is 6.07 Å². The summed E-state index contributed by atoms with van der Waals surface area (Å²) in [6.07, 6.45) is 4.21. The summed E-state index contributed by atoms with van der Waals surface area (Å²) >= 11 is 0. The average Bonchev–Trinajstić information content (AvgIpc) is 3.33. The summed E-state index contributed by atoms with van der Waals surface area (Å²) in [5.74, 6) is 0.469. The Morgan fingerprint density at radius 1 is 1.38 bits per heavy atom. The van der Waals surface area contributed by atoms with Crippen molar-refractivity contribution < 1.29 is 19.0 Å². The maximum atomic E-state index is 12.0. The summed E-state index contributed by atoms with van der Waals surface area (Å²) in [7, 11) is 1.55. The van der Waals surface area contributed by atoms with Crippen molar-refractivity contribution in [2.24, 2.45) is 0 Å². The lowest BCUT2D eigenvalue weighted by Gasteiger charge is -2.10. The van der Waals surface area contributed by atoms with Crippen LogP contribution >= 0.6 is 0 Å². The minimum atomic E-state index is -0.459. The highest BCUT2D eigenvalue weighted by Gasteiger charge is 2.23. The zero-order valence-electron chi connectivity index (χ0n) is 11.6. The van der Waals surface area contributed by atoms with Crippen LogP contribution in [0.3, 0.4) is 0 Å². The smallest absolute Gasteiger partial charge is 0.345 e. The Bertz CT molecular complexity index is 638. The third-order valence-electron chi connectivity index (χ3n) is 3.19. The second-order valence-corrected chi connectivity index (χ2v) is 4.78. The fourth-order valence-corrected chi connectivity index (χ4v) is 2.01. The highest BCUT2D eigenvalue weighted by atomic mass is 16.6. The molecule has 1 aromatic heterocycles. The van der Waals surface area contributed by atoms with Crippen LogP contribution in [0.25, 0.3) is 0 Å². The van der Waals surface area contributed by atoms with E-state index in [4.69, 9.17) is 14.2 Å². The molecule has 0 spiro atoms. The fraction of sp³-hybridized carbons (Fsp3) is 0.250. The predicted octanol–water partition coefficient (Wildman–Crippen LogP) is 2.25. The number of carbonyl (C=O) groups is 1. The first-order valence-electron chi connectivity index (χ1n) is 6.67. The van der Waals surface area contributed by atoms with Crippen LogP contribution in [0.5, 0.6) is 11.5 Å². The number of benzene rings is 1. The molecule has 0 amide bonds. The number of epoxide rings is 1. The first-order valence-corrected chi connectivity index (χ1v) is 6.67. The molecule has 3 rings (SSSR count). The van der Waals surface area contributed by atoms with E-state index in [1.165, 1.54) is 6.20 Å². The molecule has 0 saturated carbocycles. The lowest BCUT2D eigenvalue weighted by molar-refractivity contribution is 0.0729. The quantitative estimate of drug-likeness (QED) is 0.479. The molecule has 0 aliphatic carbocycles. The molecule has 1 aliphatic rings. The number of methoxy groups -OCH3 is 1. The molecule has 21 heavy (non-hydrogen) atoms. The third-order valence-corrected chi connectivity index (χ3v) is 3.19. The average molecular weight is 285 g/mol. The van der Waals surface area contributed by atoms with Gasteiger partial charge in [-0.05, 0) is 29.8 Å². The number of nitrogens with zero attached hydrogens (tertiary/aromatic N) is 1. The third kappa shape index (κ3) is 3.38. The molecule has 0 N–H and O–H groups in total. The molecule has 5 nitrogen and oxygen atoms in total. The van der Waals surface area contributed by atoms with Crippen molar-refractivity contribution in [3.05, 3.63) is 53.9 Å². The topological polar surface area (TPSA) is 61.0 Å². The molecule has 1 atom stereocenters. The van der Waals surface area contributed by atoms with Crippen molar-refractivity contribution in [3.63, 3.8) is 0 Å². The summed E-state index contributed by atoms with van der Waals surface area (Å²) < 4.78 is 15.9. The Morgan fingerprint density at radius 3 is 2.90 bits per heavy atom. The number of rotatable bonds is 5. The summed E-state index contributed by atoms with van der Waals surface area (Å²) in [6.45, 7) is 0.806. The van der Waals surface area contributed by atoms with Crippen molar-refractivity contribution in [2.75, 3.05) is 13.7 Å². The van der Waals surface area contributed by atoms with Gasteiger partial charge in [0.15, 0.2) is 11.5 Å². The molecule has 1 aliphatic heterocycles. The molecule has 1 unspecified atom stereocenters. The summed E-state index contributed by atoms with van der Waals surface area (Å²) in [5.41, 5.74) is 1.49. The van der Waals surface area contributed by atoms with Crippen LogP contribution in [0, 0.1) is 0 Å². The first-order chi connectivity index (χ1) is 10.3. The predicted molar refractivity (Wildman–Crippen MR) is 75.6 cm³/mol. The molecular formula is C16H15NO4. The maximum Gasteiger partial charge on any atom is 0.345 e. The van der Waals surface area contributed by atoms with Gasteiger partial charge in [0, 0.05) is 18.8 Å². The normalized spacial score (nSPS) is 16.3. The van der Waals surface area contributed by atoms with Gasteiger partial charge in [0.2, 0.25) is 0 Å². The second kappa shape index (κ2) is 5.93. The number of carbonyl (C=O) groups excluding carboxylic acids is 1. The molecule has 2 heterocycles. The molecular weight excluding hydrogens is 270 g/mol. The van der Waals surface area contributed by atoms with Crippen LogP contribution in [0.15, 0.2) is 42.7 Å². The van der Waals surface area contributed by atoms with Crippen LogP contribution in [-0.2, 0) is 11.2 Å². The molecule has 0 bridgehead atoms. The number of esters is 1. The van der Waals surface area contributed by atoms with Gasteiger partial charge in [0.05, 0.1) is 25.4 Å². The molecule has 1 fully saturated rings. The largest absolute Gasteiger partial charge is 0.493 e. The van der Waals surface area contributed by atoms with Gasteiger partial charge in [-0.2, -0.15) is 0 Å². The molecule has 1 aromatic carbocycles. The Balaban J connectivity index is 1.76. The van der Waals surface area contributed by atoms with E-state index in [0.717, 1.165) is 18.6 Å². The number of hydrogen-bond donors (Lipinski definition) is 0. The summed E-state index contributed by atoms with van der Waals surface area (Å²) in [4.78, 5) is 15.9. The van der Waals surface area contributed by atoms with Gasteiger partial charge in [-0.3, -0.25) is 4.98 Å². The van der Waals surface area contributed by atoms with Gasteiger partial charge in [0.25, 0.3) is 0 Å². The van der Waals surface area contributed by atoms with Crippen LogP contribution in [0.2, 0.25) is 0 Å². The molecule has 0 radical (unpaired) electrons. The van der Waals surface area contributed by atoms with E-state index < -0.39 is 5.97 Å². The highest BCUT2D eigenvalue weighted by Crippen LogP contribution is 2.30. The lowest BCUT2D eigenvalue weighted by atomic mass is 10.1. The van der Waals surface area contributed by atoms with Crippen molar-refractivity contribution in [3.8, 4) is 11.5 Å². The van der Waals surface area contributed by atoms with E-state index in [-0.39, 0.29) is 0 Å². The van der Waals surface area contributed by atoms with Crippen molar-refractivity contribution in [2.45, 2.75) is 12.5 Å². The molecule has 5 heteroatoms. The van der Waals surface area contributed by atoms with Gasteiger partial charge in [-0.15, -0.1) is 0 Å². The van der Waals surface area contributed by atoms with E-state index in [1.807, 2.05) is 12.1 Å². The minimum Gasteiger partial charge on any atom is -0.493 e. The number of aromatic nitrogens is 1. The second-order valence-electron chi connectivity index (χ2n) is 4.78. The Kier molecular flexibility index (Phi) is 3.83. The molecule has 2 aromatic rings. The SMILES string of the molecule is COc1cc(CC2CO2)ccc1OC(=O)c1cccnc1. The van der Waals surface area contributed by atoms with E-state index in [2.05, 4.69) is 4.98 Å². The number of ether oxygens (including phenoxy) is 3. The Morgan fingerprint density at radius 2 is 2.24 bits per heavy atom. The monoisotopic (exact) mass is 285 g/mol. The first kappa shape index (κ1) is 13.6. The van der Waals surface area contributed by atoms with Crippen molar-refractivity contribution >= 4 is 5.97 Å². The maximum absolute atomic E-state index is 12.0. The molecule has 1 saturated heterocycles. The summed E-state index contributed by atoms with van der Waals surface area (Å²) in [5, 5.41) is 0. The van der Waals surface area contributed by atoms with Crippen LogP contribution in [0.4, 0.5) is 0 Å². The van der Waals surface area contributed by atoms with Crippen LogP contribution in [-0.4, -0.2) is 30.8 Å². The van der Waals surface area contributed by atoms with Gasteiger partial charge < -0.3 is 14.2 Å². The van der Waals surface area contributed by atoms with Gasteiger partial charge in [0.1, 0.15) is 0 Å². The van der Waals surface area contributed by atoms with E-state index >= 15 is 0 Å². The zero-order chi connectivity index (χ0) is 14.7. The standard InChI is InChI=1S/C16H15NO4/c1-19-15-8-11(7-13-10-20-13)4-5-14(15)21-16(18)12-3-2-6-17-9-12/h2-6,8-9,13H,7,10H2,1H3. The van der Waals surface area contributed by atoms with Crippen LogP contribution in [0.1, 0.15) is 15.9 Å². The number of pyridine rings is 1. The van der Waals surface area contributed by atoms with Crippen molar-refractivity contribution in [1.29, 1.82) is 0 Å². The minimum absolute atomic E-state index is 0.304. The Hall–Kier alpha value is -2.40. The fourth-order valence-electron chi connectivity index (χ4n) is 2.01. The Labute approximate surface area is 122 Å². The van der Waals surface area contributed by atoms with E-state index in [0.29, 0.717) is 23.2 Å². The van der Waals surface area contributed by atoms with E-state index in [1.54, 1.807) is 31.5 Å². The number of hydrogen-bond acceptors (Lipinski definition) is 5.